The molecule has 1 fully saturated rings. The van der Waals surface area contributed by atoms with Gasteiger partial charge in [0.25, 0.3) is 0 Å². The summed E-state index contributed by atoms with van der Waals surface area (Å²) in [4.78, 5) is 33.2. The molecule has 2 N–H and O–H groups in total. The average Bonchev–Trinajstić information content (AvgIpc) is 3.13. The normalized spacial score (nSPS) is 25.4. The Bertz CT molecular complexity index is 527. The highest BCUT2D eigenvalue weighted by molar-refractivity contribution is 5.88. The second-order valence-corrected chi connectivity index (χ2v) is 5.18. The lowest BCUT2D eigenvalue weighted by atomic mass is 10.0. The molecular formula is C13H18N4O3. The second kappa shape index (κ2) is 5.24. The van der Waals surface area contributed by atoms with E-state index in [0.717, 1.165) is 17.8 Å². The molecule has 2 aliphatic rings. The van der Waals surface area contributed by atoms with E-state index in [-0.39, 0.29) is 17.9 Å². The number of nitrogens with zero attached hydrogens (tertiary/aromatic N) is 2. The molecule has 0 radical (unpaired) electrons. The van der Waals surface area contributed by atoms with Crippen molar-refractivity contribution in [2.24, 2.45) is 0 Å². The second-order valence-electron chi connectivity index (χ2n) is 5.18. The molecule has 1 aromatic rings. The molecule has 2 unspecified atom stereocenters. The van der Waals surface area contributed by atoms with E-state index >= 15 is 0 Å². The number of methoxy groups -OCH3 is 1. The molecule has 0 saturated carbocycles. The van der Waals surface area contributed by atoms with Gasteiger partial charge in [0.2, 0.25) is 5.91 Å². The van der Waals surface area contributed by atoms with Gasteiger partial charge in [-0.3, -0.25) is 10.1 Å². The van der Waals surface area contributed by atoms with Gasteiger partial charge in [-0.2, -0.15) is 0 Å². The predicted molar refractivity (Wildman–Crippen MR) is 69.7 cm³/mol. The maximum absolute atomic E-state index is 12.6. The van der Waals surface area contributed by atoms with Gasteiger partial charge in [-0.05, 0) is 12.8 Å². The van der Waals surface area contributed by atoms with Crippen molar-refractivity contribution < 1.29 is 14.3 Å². The summed E-state index contributed by atoms with van der Waals surface area (Å²) >= 11 is 0. The van der Waals surface area contributed by atoms with Gasteiger partial charge < -0.3 is 14.6 Å². The van der Waals surface area contributed by atoms with E-state index < -0.39 is 6.04 Å². The highest BCUT2D eigenvalue weighted by Crippen LogP contribution is 2.21. The zero-order valence-corrected chi connectivity index (χ0v) is 11.4. The number of carbonyl (C=O) groups excluding carboxylic acids is 2. The van der Waals surface area contributed by atoms with E-state index in [1.165, 1.54) is 7.11 Å². The van der Waals surface area contributed by atoms with Crippen LogP contribution in [0.5, 0.6) is 0 Å². The van der Waals surface area contributed by atoms with E-state index in [1.54, 1.807) is 11.2 Å². The predicted octanol–water partition coefficient (Wildman–Crippen LogP) is -0.412. The smallest absolute Gasteiger partial charge is 0.328 e. The molecule has 1 saturated heterocycles. The molecule has 0 aromatic carbocycles. The molecule has 0 aliphatic carbocycles. The lowest BCUT2D eigenvalue weighted by Crippen LogP contribution is -2.52. The van der Waals surface area contributed by atoms with Crippen LogP contribution < -0.4 is 5.32 Å². The maximum Gasteiger partial charge on any atom is 0.328 e. The Morgan fingerprint density at radius 1 is 1.50 bits per heavy atom. The Morgan fingerprint density at radius 3 is 3.15 bits per heavy atom. The number of rotatable bonds is 2. The maximum atomic E-state index is 12.6. The van der Waals surface area contributed by atoms with Crippen LogP contribution in [0.3, 0.4) is 0 Å². The number of carbonyl (C=O) groups is 2. The van der Waals surface area contributed by atoms with Gasteiger partial charge in [0.15, 0.2) is 0 Å². The van der Waals surface area contributed by atoms with E-state index in [0.29, 0.717) is 25.9 Å². The topological polar surface area (TPSA) is 87.3 Å². The number of hydrogen-bond acceptors (Lipinski definition) is 5. The van der Waals surface area contributed by atoms with Gasteiger partial charge in [0.1, 0.15) is 6.04 Å². The third kappa shape index (κ3) is 2.18. The fourth-order valence-electron chi connectivity index (χ4n) is 2.96. The molecular weight excluding hydrogens is 260 g/mol. The minimum absolute atomic E-state index is 0.0356. The number of aromatic nitrogens is 2. The van der Waals surface area contributed by atoms with Crippen LogP contribution in [0.1, 0.15) is 24.2 Å². The molecule has 7 nitrogen and oxygen atoms in total. The van der Waals surface area contributed by atoms with Crippen LogP contribution in [0.4, 0.5) is 0 Å². The van der Waals surface area contributed by atoms with Crippen LogP contribution >= 0.6 is 0 Å². The van der Waals surface area contributed by atoms with Crippen molar-refractivity contribution in [1.29, 1.82) is 0 Å². The van der Waals surface area contributed by atoms with Crippen molar-refractivity contribution in [3.63, 3.8) is 0 Å². The fourth-order valence-corrected chi connectivity index (χ4v) is 2.96. The largest absolute Gasteiger partial charge is 0.467 e. The summed E-state index contributed by atoms with van der Waals surface area (Å²) in [5.41, 5.74) is 1.95. The summed E-state index contributed by atoms with van der Waals surface area (Å²) in [7, 11) is 1.36. The first-order chi connectivity index (χ1) is 9.70. The lowest BCUT2D eigenvalue weighted by molar-refractivity contribution is -0.151. The average molecular weight is 278 g/mol. The van der Waals surface area contributed by atoms with E-state index in [2.05, 4.69) is 15.3 Å². The third-order valence-corrected chi connectivity index (χ3v) is 4.04. The Labute approximate surface area is 116 Å². The fraction of sp³-hybridized carbons (Fsp3) is 0.615. The molecule has 108 valence electrons. The first-order valence-electron chi connectivity index (χ1n) is 6.83. The molecule has 1 aromatic heterocycles. The van der Waals surface area contributed by atoms with Crippen LogP contribution in [0.2, 0.25) is 0 Å². The van der Waals surface area contributed by atoms with E-state index in [4.69, 9.17) is 4.74 Å². The third-order valence-electron chi connectivity index (χ3n) is 4.04. The number of imidazole rings is 1. The number of nitrogens with one attached hydrogen (secondary N) is 2. The highest BCUT2D eigenvalue weighted by atomic mass is 16.5. The van der Waals surface area contributed by atoms with Crippen molar-refractivity contribution >= 4 is 11.9 Å². The van der Waals surface area contributed by atoms with Gasteiger partial charge in [-0.25, -0.2) is 9.78 Å². The summed E-state index contributed by atoms with van der Waals surface area (Å²) in [6.07, 6.45) is 3.72. The minimum atomic E-state index is -0.435. The number of aromatic amines is 1. The van der Waals surface area contributed by atoms with Crippen LogP contribution in [0.25, 0.3) is 0 Å². The van der Waals surface area contributed by atoms with Gasteiger partial charge >= 0.3 is 5.97 Å². The quantitative estimate of drug-likeness (QED) is 0.718. The van der Waals surface area contributed by atoms with Gasteiger partial charge in [0.05, 0.1) is 30.9 Å². The molecule has 20 heavy (non-hydrogen) atoms. The summed E-state index contributed by atoms with van der Waals surface area (Å²) in [6, 6.07) is -0.745. The van der Waals surface area contributed by atoms with Crippen LogP contribution in [0, 0.1) is 0 Å². The molecule has 0 bridgehead atoms. The zero-order chi connectivity index (χ0) is 14.1. The first kappa shape index (κ1) is 13.1. The number of likely N-dealkylation sites (tertiary alicyclic amines) is 1. The molecule has 3 rings (SSSR count). The molecule has 7 heteroatoms. The monoisotopic (exact) mass is 278 g/mol. The van der Waals surface area contributed by atoms with Crippen molar-refractivity contribution in [3.8, 4) is 0 Å². The van der Waals surface area contributed by atoms with Crippen LogP contribution in [0.15, 0.2) is 6.33 Å². The number of esters is 1. The van der Waals surface area contributed by atoms with E-state index in [1.807, 2.05) is 0 Å². The number of ether oxygens (including phenoxy) is 1. The van der Waals surface area contributed by atoms with Gasteiger partial charge in [0, 0.05) is 19.5 Å². The molecule has 0 spiro atoms. The van der Waals surface area contributed by atoms with Gasteiger partial charge in [-0.15, -0.1) is 0 Å². The molecule has 2 atom stereocenters. The summed E-state index contributed by atoms with van der Waals surface area (Å²) in [6.45, 7) is 1.21. The minimum Gasteiger partial charge on any atom is -0.467 e. The summed E-state index contributed by atoms with van der Waals surface area (Å²) < 4.78 is 4.78. The van der Waals surface area contributed by atoms with E-state index in [9.17, 15) is 9.59 Å². The Kier molecular flexibility index (Phi) is 3.43. The Balaban J connectivity index is 1.71. The van der Waals surface area contributed by atoms with Gasteiger partial charge in [-0.1, -0.05) is 0 Å². The van der Waals surface area contributed by atoms with Crippen molar-refractivity contribution in [1.82, 2.24) is 20.2 Å². The summed E-state index contributed by atoms with van der Waals surface area (Å²) in [5.74, 6) is -0.362. The highest BCUT2D eigenvalue weighted by Gasteiger charge is 2.38. The number of H-pyrrole nitrogens is 1. The Morgan fingerprint density at radius 2 is 2.35 bits per heavy atom. The molecule has 3 heterocycles. The van der Waals surface area contributed by atoms with Crippen molar-refractivity contribution in [2.45, 2.75) is 37.9 Å². The van der Waals surface area contributed by atoms with Crippen molar-refractivity contribution in [3.05, 3.63) is 17.7 Å². The Hall–Kier alpha value is -1.89. The number of amides is 1. The molecule has 2 aliphatic heterocycles. The molecule has 1 amide bonds. The SMILES string of the molecule is COC(=O)C1CCCN1C(=O)C1Cc2nc[nH]c2CN1. The van der Waals surface area contributed by atoms with Crippen molar-refractivity contribution in [2.75, 3.05) is 13.7 Å². The first-order valence-corrected chi connectivity index (χ1v) is 6.83. The zero-order valence-electron chi connectivity index (χ0n) is 11.4. The van der Waals surface area contributed by atoms with Crippen LogP contribution in [-0.4, -0.2) is 52.5 Å². The lowest BCUT2D eigenvalue weighted by Gasteiger charge is -2.29. The standard InChI is InChI=1S/C13H18N4O3/c1-20-13(19)11-3-2-4-17(11)12(18)9-5-8-10(6-14-9)16-7-15-8/h7,9,11,14H,2-6H2,1H3,(H,15,16). The summed E-state index contributed by atoms with van der Waals surface area (Å²) in [5, 5.41) is 3.20. The number of hydrogen-bond donors (Lipinski definition) is 2. The van der Waals surface area contributed by atoms with Crippen LogP contribution in [-0.2, 0) is 27.3 Å². The number of fused-ring (bicyclic) bond motifs is 1.